The molecule has 0 amide bonds. The molecule has 1 heterocycles. The van der Waals surface area contributed by atoms with Gasteiger partial charge in [0.2, 0.25) is 0 Å². The van der Waals surface area contributed by atoms with Gasteiger partial charge in [0.15, 0.2) is 0 Å². The predicted octanol–water partition coefficient (Wildman–Crippen LogP) is 1.51. The molecule has 0 unspecified atom stereocenters. The fraction of sp³-hybridized carbons (Fsp3) is 0.333. The van der Waals surface area contributed by atoms with E-state index in [4.69, 9.17) is 10.5 Å². The SMILES string of the molecule is C=C1[C-]=C(CN)OC(C)=C1C.[Y]. The van der Waals surface area contributed by atoms with Gasteiger partial charge in [0.25, 0.3) is 0 Å². The fourth-order valence-electron chi connectivity index (χ4n) is 0.854. The normalized spacial score (nSPS) is 16.6. The van der Waals surface area contributed by atoms with Crippen molar-refractivity contribution in [1.82, 2.24) is 0 Å². The second-order valence-electron chi connectivity index (χ2n) is 2.51. The number of hydrogen-bond donors (Lipinski definition) is 1. The Bertz CT molecular complexity index is 253. The first kappa shape index (κ1) is 12.1. The maximum absolute atomic E-state index is 5.38. The summed E-state index contributed by atoms with van der Waals surface area (Å²) in [6, 6.07) is 0. The van der Waals surface area contributed by atoms with Gasteiger partial charge < -0.3 is 10.5 Å². The van der Waals surface area contributed by atoms with Gasteiger partial charge in [-0.25, -0.2) is 0 Å². The van der Waals surface area contributed by atoms with Crippen LogP contribution >= 0.6 is 0 Å². The van der Waals surface area contributed by atoms with Crippen molar-refractivity contribution in [3.05, 3.63) is 35.3 Å². The molecular formula is C9H12NOY-. The molecule has 0 bridgehead atoms. The van der Waals surface area contributed by atoms with Crippen LogP contribution in [0.3, 0.4) is 0 Å². The average Bonchev–Trinajstić information content (AvgIpc) is 1.99. The molecule has 2 nitrogen and oxygen atoms in total. The summed E-state index contributed by atoms with van der Waals surface area (Å²) in [7, 11) is 0. The smallest absolute Gasteiger partial charge is 0.0580 e. The molecule has 0 aromatic rings. The Balaban J connectivity index is 0.00000121. The van der Waals surface area contributed by atoms with Gasteiger partial charge in [-0.3, -0.25) is 0 Å². The number of hydrogen-bond acceptors (Lipinski definition) is 2. The van der Waals surface area contributed by atoms with Crippen molar-refractivity contribution in [2.45, 2.75) is 13.8 Å². The van der Waals surface area contributed by atoms with Crippen LogP contribution in [0.15, 0.2) is 29.2 Å². The Morgan fingerprint density at radius 1 is 1.50 bits per heavy atom. The third-order valence-corrected chi connectivity index (χ3v) is 1.73. The Morgan fingerprint density at radius 3 is 2.50 bits per heavy atom. The van der Waals surface area contributed by atoms with Gasteiger partial charge in [-0.1, -0.05) is 6.92 Å². The molecule has 0 aromatic carbocycles. The monoisotopic (exact) mass is 239 g/mol. The van der Waals surface area contributed by atoms with Gasteiger partial charge in [-0.2, -0.15) is 12.2 Å². The van der Waals surface area contributed by atoms with Crippen LogP contribution in [0.4, 0.5) is 0 Å². The minimum absolute atomic E-state index is 0. The van der Waals surface area contributed by atoms with E-state index in [0.29, 0.717) is 12.3 Å². The molecule has 3 heteroatoms. The first-order valence-corrected chi connectivity index (χ1v) is 3.52. The predicted molar refractivity (Wildman–Crippen MR) is 44.4 cm³/mol. The standard InChI is InChI=1S/C9H12NO.Y/c1-6-4-9(5-10)11-8(3)7(6)2;/h1,5,10H2,2-3H3;/q-1;. The van der Waals surface area contributed by atoms with Crippen LogP contribution in [0.5, 0.6) is 0 Å². The van der Waals surface area contributed by atoms with Crippen LogP contribution in [0.2, 0.25) is 0 Å². The average molecular weight is 239 g/mol. The Labute approximate surface area is 98.4 Å². The van der Waals surface area contributed by atoms with E-state index in [0.717, 1.165) is 16.9 Å². The summed E-state index contributed by atoms with van der Waals surface area (Å²) in [4.78, 5) is 0. The molecule has 0 atom stereocenters. The Morgan fingerprint density at radius 2 is 2.08 bits per heavy atom. The van der Waals surface area contributed by atoms with E-state index in [9.17, 15) is 0 Å². The summed E-state index contributed by atoms with van der Waals surface area (Å²) in [5, 5.41) is 0. The van der Waals surface area contributed by atoms with Gasteiger partial charge >= 0.3 is 0 Å². The molecule has 1 aliphatic heterocycles. The van der Waals surface area contributed by atoms with E-state index in [2.05, 4.69) is 12.7 Å². The molecule has 0 spiro atoms. The van der Waals surface area contributed by atoms with Crippen LogP contribution in [0.1, 0.15) is 13.8 Å². The van der Waals surface area contributed by atoms with E-state index in [1.807, 2.05) is 13.8 Å². The van der Waals surface area contributed by atoms with Crippen LogP contribution in [-0.4, -0.2) is 6.54 Å². The van der Waals surface area contributed by atoms with Gasteiger partial charge in [0, 0.05) is 45.0 Å². The molecule has 0 aliphatic carbocycles. The molecule has 0 saturated heterocycles. The topological polar surface area (TPSA) is 35.2 Å². The molecule has 1 rings (SSSR count). The summed E-state index contributed by atoms with van der Waals surface area (Å²) in [6.45, 7) is 8.05. The Hall–Kier alpha value is 0.0839. The van der Waals surface area contributed by atoms with Crippen molar-refractivity contribution in [3.8, 4) is 0 Å². The zero-order valence-corrected chi connectivity index (χ0v) is 10.3. The minimum Gasteiger partial charge on any atom is -0.491 e. The van der Waals surface area contributed by atoms with Crippen LogP contribution < -0.4 is 5.73 Å². The molecule has 0 fully saturated rings. The molecule has 0 aromatic heterocycles. The first-order chi connectivity index (χ1) is 5.15. The summed E-state index contributed by atoms with van der Waals surface area (Å²) in [5.74, 6) is 1.53. The van der Waals surface area contributed by atoms with E-state index >= 15 is 0 Å². The maximum Gasteiger partial charge on any atom is 0.0580 e. The second-order valence-corrected chi connectivity index (χ2v) is 2.51. The summed E-state index contributed by atoms with van der Waals surface area (Å²) in [6.07, 6.45) is 2.96. The van der Waals surface area contributed by atoms with Crippen molar-refractivity contribution < 1.29 is 37.4 Å². The Kier molecular flexibility index (Phi) is 4.99. The number of allylic oxidation sites excluding steroid dienone is 4. The zero-order valence-electron chi connectivity index (χ0n) is 7.48. The summed E-state index contributed by atoms with van der Waals surface area (Å²) >= 11 is 0. The van der Waals surface area contributed by atoms with E-state index < -0.39 is 0 Å². The van der Waals surface area contributed by atoms with E-state index in [1.54, 1.807) is 0 Å². The first-order valence-electron chi connectivity index (χ1n) is 3.52. The fourth-order valence-corrected chi connectivity index (χ4v) is 0.854. The maximum atomic E-state index is 5.38. The van der Waals surface area contributed by atoms with Gasteiger partial charge in [-0.05, 0) is 6.92 Å². The zero-order chi connectivity index (χ0) is 8.43. The molecule has 1 aliphatic rings. The summed E-state index contributed by atoms with van der Waals surface area (Å²) in [5.41, 5.74) is 7.30. The second kappa shape index (κ2) is 4.95. The largest absolute Gasteiger partial charge is 0.491 e. The van der Waals surface area contributed by atoms with Crippen molar-refractivity contribution in [2.75, 3.05) is 6.54 Å². The molecule has 2 N–H and O–H groups in total. The molecule has 12 heavy (non-hydrogen) atoms. The van der Waals surface area contributed by atoms with E-state index in [-0.39, 0.29) is 32.7 Å². The van der Waals surface area contributed by atoms with Crippen molar-refractivity contribution in [3.63, 3.8) is 0 Å². The number of ether oxygens (including phenoxy) is 1. The van der Waals surface area contributed by atoms with Gasteiger partial charge in [0.05, 0.1) is 5.76 Å². The van der Waals surface area contributed by atoms with Crippen molar-refractivity contribution in [2.24, 2.45) is 5.73 Å². The summed E-state index contributed by atoms with van der Waals surface area (Å²) < 4.78 is 5.32. The van der Waals surface area contributed by atoms with E-state index in [1.165, 1.54) is 0 Å². The number of rotatable bonds is 1. The molecular weight excluding hydrogens is 227 g/mol. The molecule has 0 saturated carbocycles. The van der Waals surface area contributed by atoms with Crippen molar-refractivity contribution in [1.29, 1.82) is 0 Å². The van der Waals surface area contributed by atoms with Crippen LogP contribution in [0, 0.1) is 6.08 Å². The quantitative estimate of drug-likeness (QED) is 0.704. The minimum atomic E-state index is 0. The third-order valence-electron chi connectivity index (χ3n) is 1.73. The van der Waals surface area contributed by atoms with Crippen molar-refractivity contribution >= 4 is 0 Å². The van der Waals surface area contributed by atoms with Crippen LogP contribution in [-0.2, 0) is 37.4 Å². The molecule has 1 radical (unpaired) electrons. The van der Waals surface area contributed by atoms with Gasteiger partial charge in [0.1, 0.15) is 0 Å². The van der Waals surface area contributed by atoms with Gasteiger partial charge in [-0.15, -0.1) is 11.6 Å². The molecule has 63 valence electrons. The number of nitrogens with two attached hydrogens (primary N) is 1. The third kappa shape index (κ3) is 2.54. The van der Waals surface area contributed by atoms with Crippen LogP contribution in [0.25, 0.3) is 0 Å².